The van der Waals surface area contributed by atoms with Gasteiger partial charge in [0.2, 0.25) is 0 Å². The molecule has 1 heterocycles. The van der Waals surface area contributed by atoms with Crippen LogP contribution in [0.3, 0.4) is 0 Å². The molecule has 1 aromatic carbocycles. The lowest BCUT2D eigenvalue weighted by atomic mass is 9.92. The number of benzene rings is 1. The quantitative estimate of drug-likeness (QED) is 0.876. The van der Waals surface area contributed by atoms with Crippen molar-refractivity contribution in [1.29, 1.82) is 5.26 Å². The van der Waals surface area contributed by atoms with Gasteiger partial charge in [0, 0.05) is 17.5 Å². The molecule has 4 heteroatoms. The number of para-hydroxylation sites is 1. The van der Waals surface area contributed by atoms with Crippen LogP contribution in [0.1, 0.15) is 31.2 Å². The van der Waals surface area contributed by atoms with E-state index in [-0.39, 0.29) is 0 Å². The van der Waals surface area contributed by atoms with Crippen molar-refractivity contribution in [1.82, 2.24) is 4.98 Å². The minimum atomic E-state index is 0.340. The SMILES string of the molecule is N#Cc1cc(NC2CCC(N)CC2)nc2ccccc12. The van der Waals surface area contributed by atoms with Crippen molar-refractivity contribution in [2.45, 2.75) is 37.8 Å². The number of rotatable bonds is 2. The number of nitriles is 1. The number of nitrogens with two attached hydrogens (primary N) is 1. The van der Waals surface area contributed by atoms with E-state index in [4.69, 9.17) is 5.73 Å². The second kappa shape index (κ2) is 5.48. The second-order valence-corrected chi connectivity index (χ2v) is 5.44. The Morgan fingerprint density at radius 2 is 1.95 bits per heavy atom. The van der Waals surface area contributed by atoms with E-state index in [1.165, 1.54) is 0 Å². The molecule has 0 aliphatic heterocycles. The Morgan fingerprint density at radius 1 is 1.20 bits per heavy atom. The summed E-state index contributed by atoms with van der Waals surface area (Å²) in [6.45, 7) is 0. The van der Waals surface area contributed by atoms with Gasteiger partial charge in [-0.15, -0.1) is 0 Å². The number of pyridine rings is 1. The summed E-state index contributed by atoms with van der Waals surface area (Å²) >= 11 is 0. The highest BCUT2D eigenvalue weighted by atomic mass is 15.0. The molecule has 0 unspecified atom stereocenters. The molecule has 2 aromatic rings. The zero-order valence-electron chi connectivity index (χ0n) is 11.3. The highest BCUT2D eigenvalue weighted by Gasteiger charge is 2.19. The molecule has 1 aliphatic rings. The summed E-state index contributed by atoms with van der Waals surface area (Å²) in [5.74, 6) is 0.792. The minimum absolute atomic E-state index is 0.340. The van der Waals surface area contributed by atoms with Crippen molar-refractivity contribution in [2.24, 2.45) is 5.73 Å². The molecule has 1 aliphatic carbocycles. The van der Waals surface area contributed by atoms with Crippen molar-refractivity contribution >= 4 is 16.7 Å². The minimum Gasteiger partial charge on any atom is -0.367 e. The monoisotopic (exact) mass is 266 g/mol. The van der Waals surface area contributed by atoms with Crippen LogP contribution in [0.4, 0.5) is 5.82 Å². The molecule has 102 valence electrons. The van der Waals surface area contributed by atoms with Gasteiger partial charge in [0.25, 0.3) is 0 Å². The lowest BCUT2D eigenvalue weighted by Gasteiger charge is -2.27. The Balaban J connectivity index is 1.87. The van der Waals surface area contributed by atoms with E-state index < -0.39 is 0 Å². The highest BCUT2D eigenvalue weighted by Crippen LogP contribution is 2.24. The van der Waals surface area contributed by atoms with Crippen molar-refractivity contribution in [3.05, 3.63) is 35.9 Å². The first kappa shape index (κ1) is 12.9. The number of hydrogen-bond donors (Lipinski definition) is 2. The zero-order chi connectivity index (χ0) is 13.9. The zero-order valence-corrected chi connectivity index (χ0v) is 11.3. The molecule has 1 aromatic heterocycles. The smallest absolute Gasteiger partial charge is 0.128 e. The third-order valence-electron chi connectivity index (χ3n) is 3.96. The van der Waals surface area contributed by atoms with E-state index in [0.717, 1.165) is 42.4 Å². The Labute approximate surface area is 118 Å². The van der Waals surface area contributed by atoms with Crippen LogP contribution in [0.25, 0.3) is 10.9 Å². The standard InChI is InChI=1S/C16H18N4/c17-10-11-9-16(19-13-7-5-12(18)6-8-13)20-15-4-2-1-3-14(11)15/h1-4,9,12-13H,5-8,18H2,(H,19,20). The molecule has 1 fully saturated rings. The van der Waals surface area contributed by atoms with Crippen molar-refractivity contribution in [3.8, 4) is 6.07 Å². The molecular weight excluding hydrogens is 248 g/mol. The predicted molar refractivity (Wildman–Crippen MR) is 80.3 cm³/mol. The molecule has 0 bridgehead atoms. The van der Waals surface area contributed by atoms with Crippen LogP contribution in [-0.4, -0.2) is 17.1 Å². The van der Waals surface area contributed by atoms with E-state index >= 15 is 0 Å². The fraction of sp³-hybridized carbons (Fsp3) is 0.375. The maximum atomic E-state index is 9.28. The average molecular weight is 266 g/mol. The first-order chi connectivity index (χ1) is 9.76. The second-order valence-electron chi connectivity index (χ2n) is 5.44. The van der Waals surface area contributed by atoms with Gasteiger partial charge in [0.1, 0.15) is 5.82 Å². The Bertz CT molecular complexity index is 651. The Kier molecular flexibility index (Phi) is 3.53. The predicted octanol–water partition coefficient (Wildman–Crippen LogP) is 2.79. The van der Waals surface area contributed by atoms with Gasteiger partial charge in [-0.05, 0) is 37.8 Å². The number of nitrogens with zero attached hydrogens (tertiary/aromatic N) is 2. The van der Waals surface area contributed by atoms with E-state index in [9.17, 15) is 5.26 Å². The van der Waals surface area contributed by atoms with Gasteiger partial charge in [0.15, 0.2) is 0 Å². The van der Waals surface area contributed by atoms with Crippen molar-refractivity contribution in [3.63, 3.8) is 0 Å². The van der Waals surface area contributed by atoms with Crippen LogP contribution in [0, 0.1) is 11.3 Å². The first-order valence-corrected chi connectivity index (χ1v) is 7.08. The van der Waals surface area contributed by atoms with Gasteiger partial charge in [-0.2, -0.15) is 5.26 Å². The lowest BCUT2D eigenvalue weighted by molar-refractivity contribution is 0.410. The largest absolute Gasteiger partial charge is 0.367 e. The molecule has 3 N–H and O–H groups in total. The average Bonchev–Trinajstić information content (AvgIpc) is 2.49. The summed E-state index contributed by atoms with van der Waals surface area (Å²) in [7, 11) is 0. The summed E-state index contributed by atoms with van der Waals surface area (Å²) in [5, 5.41) is 13.6. The molecule has 0 amide bonds. The van der Waals surface area contributed by atoms with Crippen LogP contribution in [0.2, 0.25) is 0 Å². The molecule has 0 radical (unpaired) electrons. The summed E-state index contributed by atoms with van der Waals surface area (Å²) < 4.78 is 0. The highest BCUT2D eigenvalue weighted by molar-refractivity contribution is 5.86. The summed E-state index contributed by atoms with van der Waals surface area (Å²) in [6, 6.07) is 12.6. The van der Waals surface area contributed by atoms with E-state index in [0.29, 0.717) is 17.6 Å². The molecule has 1 saturated carbocycles. The molecule has 0 spiro atoms. The molecule has 20 heavy (non-hydrogen) atoms. The van der Waals surface area contributed by atoms with Gasteiger partial charge >= 0.3 is 0 Å². The number of anilines is 1. The fourth-order valence-electron chi connectivity index (χ4n) is 2.81. The first-order valence-electron chi connectivity index (χ1n) is 7.08. The van der Waals surface area contributed by atoms with Crippen LogP contribution >= 0.6 is 0 Å². The summed E-state index contributed by atoms with van der Waals surface area (Å²) in [6.07, 6.45) is 4.24. The van der Waals surface area contributed by atoms with Gasteiger partial charge in [-0.3, -0.25) is 0 Å². The summed E-state index contributed by atoms with van der Waals surface area (Å²) in [5.41, 5.74) is 7.46. The number of aromatic nitrogens is 1. The van der Waals surface area contributed by atoms with Gasteiger partial charge in [-0.1, -0.05) is 18.2 Å². The number of fused-ring (bicyclic) bond motifs is 1. The molecule has 0 saturated heterocycles. The summed E-state index contributed by atoms with van der Waals surface area (Å²) in [4.78, 5) is 4.60. The van der Waals surface area contributed by atoms with Crippen LogP contribution in [0.15, 0.2) is 30.3 Å². The molecule has 3 rings (SSSR count). The van der Waals surface area contributed by atoms with Gasteiger partial charge in [-0.25, -0.2) is 4.98 Å². The third kappa shape index (κ3) is 2.59. The number of nitrogens with one attached hydrogen (secondary N) is 1. The normalized spacial score (nSPS) is 22.4. The van der Waals surface area contributed by atoms with E-state index in [2.05, 4.69) is 16.4 Å². The van der Waals surface area contributed by atoms with E-state index in [1.54, 1.807) is 0 Å². The van der Waals surface area contributed by atoms with Crippen molar-refractivity contribution in [2.75, 3.05) is 5.32 Å². The lowest BCUT2D eigenvalue weighted by Crippen LogP contribution is -2.33. The molecular formula is C16H18N4. The third-order valence-corrected chi connectivity index (χ3v) is 3.96. The topological polar surface area (TPSA) is 74.7 Å². The van der Waals surface area contributed by atoms with Gasteiger partial charge < -0.3 is 11.1 Å². The Morgan fingerprint density at radius 3 is 2.70 bits per heavy atom. The molecule has 0 atom stereocenters. The van der Waals surface area contributed by atoms with Gasteiger partial charge in [0.05, 0.1) is 17.1 Å². The van der Waals surface area contributed by atoms with Crippen molar-refractivity contribution < 1.29 is 0 Å². The molecule has 4 nitrogen and oxygen atoms in total. The maximum Gasteiger partial charge on any atom is 0.128 e. The Hall–Kier alpha value is -2.12. The van der Waals surface area contributed by atoms with Crippen LogP contribution < -0.4 is 11.1 Å². The number of hydrogen-bond acceptors (Lipinski definition) is 4. The fourth-order valence-corrected chi connectivity index (χ4v) is 2.81. The van der Waals surface area contributed by atoms with Crippen LogP contribution in [-0.2, 0) is 0 Å². The van der Waals surface area contributed by atoms with Crippen LogP contribution in [0.5, 0.6) is 0 Å². The van der Waals surface area contributed by atoms with E-state index in [1.807, 2.05) is 30.3 Å². The maximum absolute atomic E-state index is 9.28.